The quantitative estimate of drug-likeness (QED) is 0.588. The van der Waals surface area contributed by atoms with Gasteiger partial charge >= 0.3 is 0 Å². The fourth-order valence-corrected chi connectivity index (χ4v) is 4.27. The predicted molar refractivity (Wildman–Crippen MR) is 103 cm³/mol. The maximum atomic E-state index is 13.1. The SMILES string of the molecule is CN(C)S(=O)(=O)c1cccc(CSc2nnc(-c3ccc(F)cc3)n2C)c1. The molecule has 0 atom stereocenters. The van der Waals surface area contributed by atoms with Crippen LogP contribution in [0.3, 0.4) is 0 Å². The smallest absolute Gasteiger partial charge is 0.242 e. The van der Waals surface area contributed by atoms with E-state index < -0.39 is 10.0 Å². The van der Waals surface area contributed by atoms with E-state index in [1.165, 1.54) is 42.3 Å². The summed E-state index contributed by atoms with van der Waals surface area (Å²) in [5.41, 5.74) is 1.64. The van der Waals surface area contributed by atoms with Crippen molar-refractivity contribution in [2.24, 2.45) is 7.05 Å². The van der Waals surface area contributed by atoms with Crippen molar-refractivity contribution >= 4 is 21.8 Å². The van der Waals surface area contributed by atoms with Crippen molar-refractivity contribution < 1.29 is 12.8 Å². The second-order valence-electron chi connectivity index (χ2n) is 6.10. The van der Waals surface area contributed by atoms with E-state index in [1.807, 2.05) is 17.7 Å². The van der Waals surface area contributed by atoms with E-state index in [9.17, 15) is 12.8 Å². The molecular formula is C18H19FN4O2S2. The first-order valence-electron chi connectivity index (χ1n) is 8.08. The van der Waals surface area contributed by atoms with Gasteiger partial charge in [-0.15, -0.1) is 10.2 Å². The van der Waals surface area contributed by atoms with Crippen molar-refractivity contribution in [3.63, 3.8) is 0 Å². The standard InChI is InChI=1S/C18H19FN4O2S2/c1-22(2)27(24,25)16-6-4-5-13(11-16)12-26-18-21-20-17(23(18)3)14-7-9-15(19)10-8-14/h4-11H,12H2,1-3H3. The lowest BCUT2D eigenvalue weighted by Crippen LogP contribution is -2.22. The Morgan fingerprint density at radius 1 is 1.11 bits per heavy atom. The zero-order chi connectivity index (χ0) is 19.6. The van der Waals surface area contributed by atoms with Gasteiger partial charge in [-0.25, -0.2) is 17.1 Å². The first-order valence-corrected chi connectivity index (χ1v) is 10.5. The van der Waals surface area contributed by atoms with Crippen molar-refractivity contribution in [3.05, 3.63) is 59.9 Å². The maximum absolute atomic E-state index is 13.1. The monoisotopic (exact) mass is 406 g/mol. The van der Waals surface area contributed by atoms with Crippen molar-refractivity contribution in [2.45, 2.75) is 15.8 Å². The number of rotatable bonds is 6. The first kappa shape index (κ1) is 19.5. The normalized spacial score (nSPS) is 11.9. The molecule has 1 aromatic heterocycles. The average Bonchev–Trinajstić information content (AvgIpc) is 3.01. The highest BCUT2D eigenvalue weighted by molar-refractivity contribution is 7.98. The Balaban J connectivity index is 1.77. The third kappa shape index (κ3) is 4.20. The summed E-state index contributed by atoms with van der Waals surface area (Å²) in [6.07, 6.45) is 0. The molecule has 0 aliphatic rings. The Kier molecular flexibility index (Phi) is 5.64. The minimum Gasteiger partial charge on any atom is -0.305 e. The van der Waals surface area contributed by atoms with Gasteiger partial charge in [-0.3, -0.25) is 0 Å². The summed E-state index contributed by atoms with van der Waals surface area (Å²) >= 11 is 1.45. The summed E-state index contributed by atoms with van der Waals surface area (Å²) in [4.78, 5) is 0.260. The lowest BCUT2D eigenvalue weighted by molar-refractivity contribution is 0.520. The van der Waals surface area contributed by atoms with Gasteiger partial charge in [0.25, 0.3) is 0 Å². The van der Waals surface area contributed by atoms with Crippen LogP contribution in [0.25, 0.3) is 11.4 Å². The molecule has 3 rings (SSSR count). The van der Waals surface area contributed by atoms with Crippen LogP contribution in [0.5, 0.6) is 0 Å². The number of sulfonamides is 1. The Morgan fingerprint density at radius 3 is 2.48 bits per heavy atom. The molecular weight excluding hydrogens is 387 g/mol. The molecule has 1 heterocycles. The van der Waals surface area contributed by atoms with Gasteiger partial charge in [0.1, 0.15) is 5.82 Å². The van der Waals surface area contributed by atoms with Gasteiger partial charge in [0.15, 0.2) is 11.0 Å². The molecule has 0 saturated carbocycles. The van der Waals surface area contributed by atoms with Crippen LogP contribution in [0.15, 0.2) is 58.6 Å². The van der Waals surface area contributed by atoms with Gasteiger partial charge in [0.05, 0.1) is 4.90 Å². The van der Waals surface area contributed by atoms with Gasteiger partial charge in [0, 0.05) is 32.5 Å². The summed E-state index contributed by atoms with van der Waals surface area (Å²) in [5, 5.41) is 9.05. The van der Waals surface area contributed by atoms with E-state index in [1.54, 1.807) is 30.3 Å². The molecule has 27 heavy (non-hydrogen) atoms. The van der Waals surface area contributed by atoms with E-state index in [0.29, 0.717) is 16.7 Å². The fourth-order valence-electron chi connectivity index (χ4n) is 2.45. The topological polar surface area (TPSA) is 68.1 Å². The van der Waals surface area contributed by atoms with Gasteiger partial charge in [-0.2, -0.15) is 0 Å². The van der Waals surface area contributed by atoms with Crippen molar-refractivity contribution in [1.29, 1.82) is 0 Å². The number of aromatic nitrogens is 3. The zero-order valence-electron chi connectivity index (χ0n) is 15.1. The van der Waals surface area contributed by atoms with Crippen LogP contribution in [-0.4, -0.2) is 41.6 Å². The molecule has 0 amide bonds. The number of halogens is 1. The average molecular weight is 407 g/mol. The fraction of sp³-hybridized carbons (Fsp3) is 0.222. The molecule has 2 aromatic carbocycles. The molecule has 0 N–H and O–H groups in total. The molecule has 0 saturated heterocycles. The van der Waals surface area contributed by atoms with Crippen molar-refractivity contribution in [1.82, 2.24) is 19.1 Å². The molecule has 0 spiro atoms. The number of thioether (sulfide) groups is 1. The Labute approximate surface area is 162 Å². The van der Waals surface area contributed by atoms with E-state index in [-0.39, 0.29) is 10.7 Å². The molecule has 0 fully saturated rings. The largest absolute Gasteiger partial charge is 0.305 e. The molecule has 3 aromatic rings. The highest BCUT2D eigenvalue weighted by atomic mass is 32.2. The molecule has 6 nitrogen and oxygen atoms in total. The van der Waals surface area contributed by atoms with Crippen LogP contribution in [0.4, 0.5) is 4.39 Å². The van der Waals surface area contributed by atoms with Crippen LogP contribution < -0.4 is 0 Å². The number of benzene rings is 2. The lowest BCUT2D eigenvalue weighted by Gasteiger charge is -2.12. The summed E-state index contributed by atoms with van der Waals surface area (Å²) in [7, 11) is 1.39. The lowest BCUT2D eigenvalue weighted by atomic mass is 10.2. The van der Waals surface area contributed by atoms with E-state index in [2.05, 4.69) is 10.2 Å². The molecule has 142 valence electrons. The third-order valence-electron chi connectivity index (χ3n) is 3.98. The third-order valence-corrected chi connectivity index (χ3v) is 6.88. The predicted octanol–water partition coefficient (Wildman–Crippen LogP) is 3.16. The second-order valence-corrected chi connectivity index (χ2v) is 9.19. The van der Waals surface area contributed by atoms with E-state index in [4.69, 9.17) is 0 Å². The van der Waals surface area contributed by atoms with Crippen LogP contribution in [0.2, 0.25) is 0 Å². The highest BCUT2D eigenvalue weighted by Gasteiger charge is 2.17. The highest BCUT2D eigenvalue weighted by Crippen LogP contribution is 2.26. The minimum absolute atomic E-state index is 0.260. The number of hydrogen-bond acceptors (Lipinski definition) is 5. The Hall–Kier alpha value is -2.23. The number of nitrogens with zero attached hydrogens (tertiary/aromatic N) is 4. The van der Waals surface area contributed by atoms with Crippen molar-refractivity contribution in [3.8, 4) is 11.4 Å². The van der Waals surface area contributed by atoms with Crippen molar-refractivity contribution in [2.75, 3.05) is 14.1 Å². The maximum Gasteiger partial charge on any atom is 0.242 e. The van der Waals surface area contributed by atoms with Gasteiger partial charge in [-0.05, 0) is 42.0 Å². The molecule has 9 heteroatoms. The molecule has 0 unspecified atom stereocenters. The second kappa shape index (κ2) is 7.79. The summed E-state index contributed by atoms with van der Waals surface area (Å²) in [5.74, 6) is 0.885. The van der Waals surface area contributed by atoms with Gasteiger partial charge in [-0.1, -0.05) is 23.9 Å². The van der Waals surface area contributed by atoms with Crippen LogP contribution in [0, 0.1) is 5.82 Å². The van der Waals surface area contributed by atoms with E-state index in [0.717, 1.165) is 11.1 Å². The summed E-state index contributed by atoms with van der Waals surface area (Å²) < 4.78 is 40.6. The van der Waals surface area contributed by atoms with Gasteiger partial charge < -0.3 is 4.57 Å². The first-order chi connectivity index (χ1) is 12.8. The minimum atomic E-state index is -3.47. The molecule has 0 aliphatic heterocycles. The van der Waals surface area contributed by atoms with Crippen LogP contribution in [0.1, 0.15) is 5.56 Å². The van der Waals surface area contributed by atoms with Crippen LogP contribution in [-0.2, 0) is 22.8 Å². The Morgan fingerprint density at radius 2 is 1.81 bits per heavy atom. The molecule has 0 bridgehead atoms. The van der Waals surface area contributed by atoms with E-state index >= 15 is 0 Å². The molecule has 0 aliphatic carbocycles. The molecule has 0 radical (unpaired) electrons. The zero-order valence-corrected chi connectivity index (χ0v) is 16.8. The summed E-state index contributed by atoms with van der Waals surface area (Å²) in [6, 6.07) is 12.9. The van der Waals surface area contributed by atoms with Crippen LogP contribution >= 0.6 is 11.8 Å². The summed E-state index contributed by atoms with van der Waals surface area (Å²) in [6.45, 7) is 0. The number of hydrogen-bond donors (Lipinski definition) is 0. The Bertz CT molecular complexity index is 1050. The van der Waals surface area contributed by atoms with Gasteiger partial charge in [0.2, 0.25) is 10.0 Å².